The van der Waals surface area contributed by atoms with Crippen LogP contribution in [0.25, 0.3) is 5.57 Å². The zero-order chi connectivity index (χ0) is 22.8. The van der Waals surface area contributed by atoms with Gasteiger partial charge in [0.25, 0.3) is 11.8 Å². The number of amides is 2. The van der Waals surface area contributed by atoms with Gasteiger partial charge in [0.1, 0.15) is 11.4 Å². The third-order valence-electron chi connectivity index (χ3n) is 5.24. The van der Waals surface area contributed by atoms with Crippen molar-refractivity contribution < 1.29 is 14.3 Å². The maximum Gasteiger partial charge on any atom is 0.282 e. The number of hydrogen-bond acceptors (Lipinski definition) is 4. The Bertz CT molecular complexity index is 1230. The minimum atomic E-state index is -0.407. The van der Waals surface area contributed by atoms with Crippen molar-refractivity contribution in [3.63, 3.8) is 0 Å². The van der Waals surface area contributed by atoms with Crippen LogP contribution in [-0.4, -0.2) is 18.4 Å². The van der Waals surface area contributed by atoms with Gasteiger partial charge in [0.15, 0.2) is 0 Å². The molecule has 162 valence electrons. The van der Waals surface area contributed by atoms with Crippen molar-refractivity contribution >= 4 is 40.4 Å². The van der Waals surface area contributed by atoms with E-state index < -0.39 is 5.91 Å². The largest absolute Gasteiger partial charge is 0.494 e. The van der Waals surface area contributed by atoms with E-state index in [1.807, 2.05) is 57.2 Å². The summed E-state index contributed by atoms with van der Waals surface area (Å²) in [6.07, 6.45) is 0. The molecule has 0 unspecified atom stereocenters. The van der Waals surface area contributed by atoms with Gasteiger partial charge in [-0.05, 0) is 67.8 Å². The lowest BCUT2D eigenvalue weighted by Gasteiger charge is -2.18. The van der Waals surface area contributed by atoms with Gasteiger partial charge >= 0.3 is 0 Å². The summed E-state index contributed by atoms with van der Waals surface area (Å²) in [6, 6.07) is 19.9. The number of nitrogens with zero attached hydrogens (tertiary/aromatic N) is 1. The number of anilines is 2. The van der Waals surface area contributed by atoms with Crippen LogP contribution in [-0.2, 0) is 9.59 Å². The highest BCUT2D eigenvalue weighted by Crippen LogP contribution is 2.36. The summed E-state index contributed by atoms with van der Waals surface area (Å²) in [4.78, 5) is 28.4. The molecule has 3 aromatic rings. The lowest BCUT2D eigenvalue weighted by molar-refractivity contribution is -0.120. The summed E-state index contributed by atoms with van der Waals surface area (Å²) >= 11 is 6.05. The first-order chi connectivity index (χ1) is 15.4. The van der Waals surface area contributed by atoms with Crippen LogP contribution in [0.3, 0.4) is 0 Å². The number of carbonyl (C=O) groups excluding carboxylic acids is 2. The highest BCUT2D eigenvalue weighted by Gasteiger charge is 2.40. The lowest BCUT2D eigenvalue weighted by Crippen LogP contribution is -2.33. The minimum absolute atomic E-state index is 0.215. The Balaban J connectivity index is 1.82. The van der Waals surface area contributed by atoms with Crippen LogP contribution < -0.4 is 15.0 Å². The molecule has 6 heteroatoms. The smallest absolute Gasteiger partial charge is 0.282 e. The monoisotopic (exact) mass is 446 g/mol. The number of halogens is 1. The van der Waals surface area contributed by atoms with Gasteiger partial charge in [-0.1, -0.05) is 41.9 Å². The molecule has 0 saturated heterocycles. The fourth-order valence-electron chi connectivity index (χ4n) is 3.68. The Hall–Kier alpha value is -3.57. The van der Waals surface area contributed by atoms with Crippen LogP contribution in [0.1, 0.15) is 23.6 Å². The summed E-state index contributed by atoms with van der Waals surface area (Å²) in [5, 5.41) is 3.72. The number of rotatable bonds is 6. The third-order valence-corrected chi connectivity index (χ3v) is 5.49. The van der Waals surface area contributed by atoms with Crippen molar-refractivity contribution in [1.82, 2.24) is 0 Å². The predicted molar refractivity (Wildman–Crippen MR) is 128 cm³/mol. The third kappa shape index (κ3) is 4.12. The van der Waals surface area contributed by atoms with Crippen LogP contribution >= 0.6 is 11.6 Å². The minimum Gasteiger partial charge on any atom is -0.494 e. The highest BCUT2D eigenvalue weighted by molar-refractivity contribution is 6.46. The normalized spacial score (nSPS) is 13.7. The number of aryl methyl sites for hydroxylation is 2. The molecule has 1 heterocycles. The molecule has 0 fully saturated rings. The molecule has 0 radical (unpaired) electrons. The molecule has 4 rings (SSSR count). The van der Waals surface area contributed by atoms with Crippen molar-refractivity contribution in [2.24, 2.45) is 0 Å². The van der Waals surface area contributed by atoms with Gasteiger partial charge in [0, 0.05) is 16.8 Å². The Kier molecular flexibility index (Phi) is 6.01. The van der Waals surface area contributed by atoms with E-state index in [1.54, 1.807) is 30.3 Å². The number of nitrogens with one attached hydrogen (secondary N) is 1. The number of imide groups is 1. The van der Waals surface area contributed by atoms with Crippen molar-refractivity contribution in [3.8, 4) is 5.75 Å². The Morgan fingerprint density at radius 1 is 0.938 bits per heavy atom. The van der Waals surface area contributed by atoms with Gasteiger partial charge in [-0.15, -0.1) is 0 Å². The Labute approximate surface area is 192 Å². The second-order valence-electron chi connectivity index (χ2n) is 7.58. The molecular formula is C26H23ClN2O3. The fourth-order valence-corrected chi connectivity index (χ4v) is 3.81. The van der Waals surface area contributed by atoms with Gasteiger partial charge in [-0.2, -0.15) is 0 Å². The van der Waals surface area contributed by atoms with Gasteiger partial charge < -0.3 is 10.1 Å². The van der Waals surface area contributed by atoms with Crippen LogP contribution in [0.5, 0.6) is 5.75 Å². The van der Waals surface area contributed by atoms with E-state index in [2.05, 4.69) is 5.32 Å². The molecular weight excluding hydrogens is 424 g/mol. The first kappa shape index (κ1) is 21.7. The highest BCUT2D eigenvalue weighted by atomic mass is 35.5. The molecule has 0 aromatic heterocycles. The van der Waals surface area contributed by atoms with Crippen LogP contribution in [0.15, 0.2) is 72.4 Å². The average molecular weight is 447 g/mol. The van der Waals surface area contributed by atoms with Crippen molar-refractivity contribution in [2.75, 3.05) is 16.8 Å². The molecule has 1 aliphatic heterocycles. The summed E-state index contributed by atoms with van der Waals surface area (Å²) in [7, 11) is 0. The predicted octanol–water partition coefficient (Wildman–Crippen LogP) is 5.75. The van der Waals surface area contributed by atoms with Crippen LogP contribution in [0, 0.1) is 13.8 Å². The Morgan fingerprint density at radius 3 is 2.41 bits per heavy atom. The summed E-state index contributed by atoms with van der Waals surface area (Å²) in [6.45, 7) is 6.25. The molecule has 1 N–H and O–H groups in total. The second-order valence-corrected chi connectivity index (χ2v) is 8.01. The number of carbonyl (C=O) groups is 2. The number of hydrogen-bond donors (Lipinski definition) is 1. The lowest BCUT2D eigenvalue weighted by atomic mass is 10.0. The zero-order valence-electron chi connectivity index (χ0n) is 18.1. The van der Waals surface area contributed by atoms with E-state index >= 15 is 0 Å². The first-order valence-corrected chi connectivity index (χ1v) is 10.7. The number of benzene rings is 3. The van der Waals surface area contributed by atoms with Crippen molar-refractivity contribution in [1.29, 1.82) is 0 Å². The molecule has 5 nitrogen and oxygen atoms in total. The van der Waals surface area contributed by atoms with Gasteiger partial charge in [0.2, 0.25) is 0 Å². The number of ether oxygens (including phenoxy) is 1. The van der Waals surface area contributed by atoms with Crippen LogP contribution in [0.2, 0.25) is 5.02 Å². The van der Waals surface area contributed by atoms with E-state index in [1.165, 1.54) is 4.90 Å². The quantitative estimate of drug-likeness (QED) is 0.489. The maximum atomic E-state index is 13.6. The Morgan fingerprint density at radius 2 is 1.69 bits per heavy atom. The molecule has 3 aromatic carbocycles. The summed E-state index contributed by atoms with van der Waals surface area (Å²) in [5.41, 5.74) is 4.16. The van der Waals surface area contributed by atoms with Crippen LogP contribution in [0.4, 0.5) is 11.4 Å². The van der Waals surface area contributed by atoms with Gasteiger partial charge in [-0.25, -0.2) is 4.90 Å². The maximum absolute atomic E-state index is 13.6. The van der Waals surface area contributed by atoms with Gasteiger partial charge in [0.05, 0.1) is 17.9 Å². The zero-order valence-corrected chi connectivity index (χ0v) is 18.9. The van der Waals surface area contributed by atoms with E-state index in [9.17, 15) is 9.59 Å². The molecule has 0 spiro atoms. The van der Waals surface area contributed by atoms with Crippen molar-refractivity contribution in [2.45, 2.75) is 20.8 Å². The first-order valence-electron chi connectivity index (χ1n) is 10.3. The van der Waals surface area contributed by atoms with E-state index in [0.717, 1.165) is 11.1 Å². The molecule has 0 atom stereocenters. The average Bonchev–Trinajstić information content (AvgIpc) is 3.01. The molecule has 0 aliphatic carbocycles. The van der Waals surface area contributed by atoms with E-state index in [-0.39, 0.29) is 11.6 Å². The summed E-state index contributed by atoms with van der Waals surface area (Å²) < 4.78 is 5.57. The van der Waals surface area contributed by atoms with E-state index in [0.29, 0.717) is 39.9 Å². The molecule has 32 heavy (non-hydrogen) atoms. The standard InChI is InChI=1S/C26H23ClN2O3/c1-4-32-21-7-5-6-20(15-21)28-24-23(18-10-12-19(27)13-11-18)25(30)29(26(24)31)22-14-16(2)8-9-17(22)3/h5-15,28H,4H2,1-3H3. The molecule has 1 aliphatic rings. The molecule has 2 amide bonds. The van der Waals surface area contributed by atoms with Crippen molar-refractivity contribution in [3.05, 3.63) is 94.1 Å². The fraction of sp³-hybridized carbons (Fsp3) is 0.154. The molecule has 0 saturated carbocycles. The van der Waals surface area contributed by atoms with Gasteiger partial charge in [-0.3, -0.25) is 9.59 Å². The summed E-state index contributed by atoms with van der Waals surface area (Å²) in [5.74, 6) is -0.112. The molecule has 0 bridgehead atoms. The topological polar surface area (TPSA) is 58.6 Å². The van der Waals surface area contributed by atoms with E-state index in [4.69, 9.17) is 16.3 Å². The SMILES string of the molecule is CCOc1cccc(NC2=C(c3ccc(Cl)cc3)C(=O)N(c3cc(C)ccc3C)C2=O)c1. The second kappa shape index (κ2) is 8.89.